The molecular formula is C13H25N3O3. The van der Waals surface area contributed by atoms with Crippen molar-refractivity contribution in [3.8, 4) is 0 Å². The third-order valence-electron chi connectivity index (χ3n) is 3.94. The summed E-state index contributed by atoms with van der Waals surface area (Å²) in [4.78, 5) is 27.1. The van der Waals surface area contributed by atoms with Gasteiger partial charge in [0.1, 0.15) is 6.04 Å². The fourth-order valence-corrected chi connectivity index (χ4v) is 2.26. The van der Waals surface area contributed by atoms with Crippen LogP contribution in [0.4, 0.5) is 4.79 Å². The maximum atomic E-state index is 12.1. The van der Waals surface area contributed by atoms with E-state index in [9.17, 15) is 9.59 Å². The van der Waals surface area contributed by atoms with E-state index in [-0.39, 0.29) is 11.9 Å². The van der Waals surface area contributed by atoms with Crippen LogP contribution in [0.15, 0.2) is 0 Å². The van der Waals surface area contributed by atoms with E-state index in [0.29, 0.717) is 19.1 Å². The lowest BCUT2D eigenvalue weighted by Crippen LogP contribution is -2.50. The molecule has 1 saturated heterocycles. The van der Waals surface area contributed by atoms with E-state index in [1.807, 2.05) is 27.9 Å². The van der Waals surface area contributed by atoms with E-state index in [1.54, 1.807) is 4.90 Å². The van der Waals surface area contributed by atoms with Crippen molar-refractivity contribution >= 4 is 12.0 Å². The van der Waals surface area contributed by atoms with Crippen LogP contribution in [0.3, 0.4) is 0 Å². The lowest BCUT2D eigenvalue weighted by Gasteiger charge is -2.25. The maximum absolute atomic E-state index is 12.1. The van der Waals surface area contributed by atoms with Crippen molar-refractivity contribution in [1.29, 1.82) is 0 Å². The lowest BCUT2D eigenvalue weighted by atomic mass is 9.99. The van der Waals surface area contributed by atoms with Gasteiger partial charge in [-0.05, 0) is 26.4 Å². The minimum Gasteiger partial charge on any atom is -0.480 e. The summed E-state index contributed by atoms with van der Waals surface area (Å²) in [5.74, 6) is -1.04. The van der Waals surface area contributed by atoms with Gasteiger partial charge in [-0.2, -0.15) is 0 Å². The summed E-state index contributed by atoms with van der Waals surface area (Å²) < 4.78 is 0. The molecule has 1 aliphatic heterocycles. The molecule has 0 aromatic carbocycles. The van der Waals surface area contributed by atoms with Gasteiger partial charge in [-0.1, -0.05) is 20.3 Å². The molecule has 1 rings (SSSR count). The number of carbonyl (C=O) groups excluding carboxylic acids is 1. The average molecular weight is 271 g/mol. The van der Waals surface area contributed by atoms with E-state index in [2.05, 4.69) is 10.2 Å². The molecule has 110 valence electrons. The molecule has 6 nitrogen and oxygen atoms in total. The van der Waals surface area contributed by atoms with E-state index >= 15 is 0 Å². The standard InChI is InChI=1S/C13H25N3O3/c1-5-9(2)11(12(17)18)14-13(19)16-7-6-10(8-16)15(3)4/h9-11H,5-8H2,1-4H3,(H,14,19)(H,17,18)/t9-,10?,11-/m0/s1. The number of hydrogen-bond donors (Lipinski definition) is 2. The quantitative estimate of drug-likeness (QED) is 0.777. The Kier molecular flexibility index (Phi) is 5.60. The second-order valence-electron chi connectivity index (χ2n) is 5.50. The van der Waals surface area contributed by atoms with Crippen LogP contribution >= 0.6 is 0 Å². The van der Waals surface area contributed by atoms with Gasteiger partial charge in [-0.15, -0.1) is 0 Å². The fraction of sp³-hybridized carbons (Fsp3) is 0.846. The first-order valence-electron chi connectivity index (χ1n) is 6.81. The van der Waals surface area contributed by atoms with Gasteiger partial charge in [0.05, 0.1) is 0 Å². The van der Waals surface area contributed by atoms with E-state index in [0.717, 1.165) is 12.8 Å². The maximum Gasteiger partial charge on any atom is 0.326 e. The number of nitrogens with zero attached hydrogens (tertiary/aromatic N) is 2. The number of likely N-dealkylation sites (N-methyl/N-ethyl adjacent to an activating group) is 1. The molecular weight excluding hydrogens is 246 g/mol. The molecule has 1 fully saturated rings. The molecule has 19 heavy (non-hydrogen) atoms. The number of carbonyl (C=O) groups is 2. The van der Waals surface area contributed by atoms with Crippen LogP contribution in [-0.2, 0) is 4.79 Å². The van der Waals surface area contributed by atoms with Gasteiger partial charge in [0.25, 0.3) is 0 Å². The highest BCUT2D eigenvalue weighted by Gasteiger charge is 2.31. The number of aliphatic carboxylic acids is 1. The van der Waals surface area contributed by atoms with Crippen molar-refractivity contribution < 1.29 is 14.7 Å². The van der Waals surface area contributed by atoms with Gasteiger partial charge in [0, 0.05) is 19.1 Å². The minimum atomic E-state index is -0.967. The van der Waals surface area contributed by atoms with Gasteiger partial charge in [-0.3, -0.25) is 0 Å². The Bertz CT molecular complexity index is 333. The SMILES string of the molecule is CC[C@H](C)[C@H](NC(=O)N1CCC(N(C)C)C1)C(=O)O. The first kappa shape index (κ1) is 15.8. The molecule has 0 aromatic heterocycles. The van der Waals surface area contributed by atoms with Crippen LogP contribution in [0.5, 0.6) is 0 Å². The van der Waals surface area contributed by atoms with Crippen molar-refractivity contribution in [3.63, 3.8) is 0 Å². The average Bonchev–Trinajstić information content (AvgIpc) is 2.84. The monoisotopic (exact) mass is 271 g/mol. The van der Waals surface area contributed by atoms with Crippen LogP contribution in [0.1, 0.15) is 26.7 Å². The Morgan fingerprint density at radius 2 is 2.11 bits per heavy atom. The zero-order valence-corrected chi connectivity index (χ0v) is 12.2. The summed E-state index contributed by atoms with van der Waals surface area (Å²) >= 11 is 0. The Balaban J connectivity index is 2.56. The molecule has 3 atom stereocenters. The van der Waals surface area contributed by atoms with Crippen molar-refractivity contribution in [2.45, 2.75) is 38.8 Å². The Morgan fingerprint density at radius 3 is 2.53 bits per heavy atom. The molecule has 0 spiro atoms. The molecule has 0 aliphatic carbocycles. The first-order chi connectivity index (χ1) is 8.86. The van der Waals surface area contributed by atoms with Crippen molar-refractivity contribution in [1.82, 2.24) is 15.1 Å². The second kappa shape index (κ2) is 6.75. The van der Waals surface area contributed by atoms with Crippen molar-refractivity contribution in [3.05, 3.63) is 0 Å². The number of nitrogens with one attached hydrogen (secondary N) is 1. The Morgan fingerprint density at radius 1 is 1.47 bits per heavy atom. The molecule has 0 radical (unpaired) electrons. The fourth-order valence-electron chi connectivity index (χ4n) is 2.26. The number of carboxylic acid groups (broad SMARTS) is 1. The van der Waals surface area contributed by atoms with Crippen molar-refractivity contribution in [2.75, 3.05) is 27.2 Å². The molecule has 1 unspecified atom stereocenters. The smallest absolute Gasteiger partial charge is 0.326 e. The molecule has 0 aromatic rings. The Hall–Kier alpha value is -1.30. The van der Waals surface area contributed by atoms with Crippen LogP contribution in [-0.4, -0.2) is 66.2 Å². The summed E-state index contributed by atoms with van der Waals surface area (Å²) in [7, 11) is 3.98. The predicted molar refractivity (Wildman–Crippen MR) is 73.1 cm³/mol. The number of urea groups is 1. The van der Waals surface area contributed by atoms with Crippen LogP contribution < -0.4 is 5.32 Å². The van der Waals surface area contributed by atoms with E-state index < -0.39 is 12.0 Å². The number of rotatable bonds is 5. The predicted octanol–water partition coefficient (Wildman–Crippen LogP) is 0.831. The van der Waals surface area contributed by atoms with Gasteiger partial charge in [0.15, 0.2) is 0 Å². The summed E-state index contributed by atoms with van der Waals surface area (Å²) in [6.07, 6.45) is 1.65. The van der Waals surface area contributed by atoms with Gasteiger partial charge in [-0.25, -0.2) is 9.59 Å². The first-order valence-corrected chi connectivity index (χ1v) is 6.81. The number of likely N-dealkylation sites (tertiary alicyclic amines) is 1. The molecule has 2 N–H and O–H groups in total. The molecule has 2 amide bonds. The molecule has 1 aliphatic rings. The lowest BCUT2D eigenvalue weighted by molar-refractivity contribution is -0.140. The third kappa shape index (κ3) is 4.09. The summed E-state index contributed by atoms with van der Waals surface area (Å²) in [6.45, 7) is 5.10. The minimum absolute atomic E-state index is 0.0753. The number of carboxylic acids is 1. The topological polar surface area (TPSA) is 72.9 Å². The van der Waals surface area contributed by atoms with E-state index in [4.69, 9.17) is 5.11 Å². The summed E-state index contributed by atoms with van der Waals surface area (Å²) in [5, 5.41) is 11.8. The number of amides is 2. The highest BCUT2D eigenvalue weighted by Crippen LogP contribution is 2.14. The Labute approximate surface area is 114 Å². The van der Waals surface area contributed by atoms with Gasteiger partial charge >= 0.3 is 12.0 Å². The largest absolute Gasteiger partial charge is 0.480 e. The highest BCUT2D eigenvalue weighted by molar-refractivity contribution is 5.83. The zero-order valence-electron chi connectivity index (χ0n) is 12.2. The normalized spacial score (nSPS) is 22.4. The third-order valence-corrected chi connectivity index (χ3v) is 3.94. The van der Waals surface area contributed by atoms with Crippen LogP contribution in [0.2, 0.25) is 0 Å². The molecule has 6 heteroatoms. The number of hydrogen-bond acceptors (Lipinski definition) is 3. The van der Waals surface area contributed by atoms with Crippen LogP contribution in [0, 0.1) is 5.92 Å². The second-order valence-corrected chi connectivity index (χ2v) is 5.50. The highest BCUT2D eigenvalue weighted by atomic mass is 16.4. The van der Waals surface area contributed by atoms with Gasteiger partial charge in [0.2, 0.25) is 0 Å². The van der Waals surface area contributed by atoms with E-state index in [1.165, 1.54) is 0 Å². The summed E-state index contributed by atoms with van der Waals surface area (Å²) in [5.41, 5.74) is 0. The summed E-state index contributed by atoms with van der Waals surface area (Å²) in [6, 6.07) is -0.717. The molecule has 0 bridgehead atoms. The van der Waals surface area contributed by atoms with Crippen LogP contribution in [0.25, 0.3) is 0 Å². The van der Waals surface area contributed by atoms with Gasteiger partial charge < -0.3 is 20.2 Å². The molecule has 0 saturated carbocycles. The zero-order chi connectivity index (χ0) is 14.6. The molecule has 1 heterocycles. The van der Waals surface area contributed by atoms with Crippen molar-refractivity contribution in [2.24, 2.45) is 5.92 Å².